The Balaban J connectivity index is 2.22. The Morgan fingerprint density at radius 3 is 2.60 bits per heavy atom. The van der Waals surface area contributed by atoms with Crippen molar-refractivity contribution in [3.63, 3.8) is 0 Å². The Hall–Kier alpha value is -2.61. The van der Waals surface area contributed by atoms with Gasteiger partial charge in [-0.2, -0.15) is 5.26 Å². The van der Waals surface area contributed by atoms with Gasteiger partial charge in [0, 0.05) is 11.6 Å². The van der Waals surface area contributed by atoms with Gasteiger partial charge < -0.3 is 9.47 Å². The monoisotopic (exact) mass is 275 g/mol. The third-order valence-electron chi connectivity index (χ3n) is 2.69. The van der Waals surface area contributed by atoms with Crippen molar-refractivity contribution < 1.29 is 18.3 Å². The molecule has 0 aliphatic carbocycles. The van der Waals surface area contributed by atoms with Crippen LogP contribution < -0.4 is 9.47 Å². The molecular weight excluding hydrogens is 264 g/mol. The predicted octanol–water partition coefficient (Wildman–Crippen LogP) is 3.42. The molecule has 0 aromatic heterocycles. The lowest BCUT2D eigenvalue weighted by Gasteiger charge is -2.11. The molecule has 0 aliphatic rings. The van der Waals surface area contributed by atoms with Crippen LogP contribution in [0.5, 0.6) is 11.5 Å². The predicted molar refractivity (Wildman–Crippen MR) is 68.4 cm³/mol. The van der Waals surface area contributed by atoms with Gasteiger partial charge in [-0.05, 0) is 30.3 Å². The highest BCUT2D eigenvalue weighted by Gasteiger charge is 2.09. The molecule has 0 fully saturated rings. The van der Waals surface area contributed by atoms with E-state index in [1.807, 2.05) is 6.07 Å². The second-order valence-corrected chi connectivity index (χ2v) is 4.00. The smallest absolute Gasteiger partial charge is 0.165 e. The number of hydrogen-bond donors (Lipinski definition) is 0. The van der Waals surface area contributed by atoms with Crippen LogP contribution in [0.25, 0.3) is 0 Å². The molecule has 0 spiro atoms. The minimum Gasteiger partial charge on any atom is -0.496 e. The lowest BCUT2D eigenvalue weighted by atomic mass is 10.1. The average Bonchev–Trinajstić information content (AvgIpc) is 2.47. The zero-order valence-corrected chi connectivity index (χ0v) is 10.7. The molecule has 0 unspecified atom stereocenters. The molecule has 0 heterocycles. The molecule has 0 saturated heterocycles. The zero-order chi connectivity index (χ0) is 14.5. The fourth-order valence-electron chi connectivity index (χ4n) is 1.70. The third-order valence-corrected chi connectivity index (χ3v) is 2.69. The number of halogens is 2. The summed E-state index contributed by atoms with van der Waals surface area (Å²) in [7, 11) is 1.48. The molecule has 5 heteroatoms. The maximum Gasteiger partial charge on any atom is 0.165 e. The van der Waals surface area contributed by atoms with E-state index in [0.717, 1.165) is 18.2 Å². The molecular formula is C15H11F2NO2. The Bertz CT molecular complexity index is 665. The summed E-state index contributed by atoms with van der Waals surface area (Å²) in [6, 6.07) is 9.77. The number of hydrogen-bond acceptors (Lipinski definition) is 3. The summed E-state index contributed by atoms with van der Waals surface area (Å²) in [6.45, 7) is -0.0287. The van der Waals surface area contributed by atoms with Gasteiger partial charge >= 0.3 is 0 Å². The maximum atomic E-state index is 13.4. The van der Waals surface area contributed by atoms with Crippen LogP contribution in [0.2, 0.25) is 0 Å². The number of nitriles is 1. The van der Waals surface area contributed by atoms with E-state index in [4.69, 9.17) is 14.7 Å². The van der Waals surface area contributed by atoms with Gasteiger partial charge in [-0.1, -0.05) is 0 Å². The molecule has 0 saturated carbocycles. The van der Waals surface area contributed by atoms with Gasteiger partial charge in [0.15, 0.2) is 11.6 Å². The molecule has 0 N–H and O–H groups in total. The van der Waals surface area contributed by atoms with Gasteiger partial charge in [-0.15, -0.1) is 0 Å². The molecule has 2 rings (SSSR count). The summed E-state index contributed by atoms with van der Waals surface area (Å²) in [5.74, 6) is -0.906. The van der Waals surface area contributed by atoms with Crippen LogP contribution in [0.4, 0.5) is 8.78 Å². The number of rotatable bonds is 4. The lowest BCUT2D eigenvalue weighted by molar-refractivity contribution is 0.281. The van der Waals surface area contributed by atoms with Gasteiger partial charge in [-0.3, -0.25) is 0 Å². The Kier molecular flexibility index (Phi) is 4.16. The minimum atomic E-state index is -0.651. The SMILES string of the molecule is COc1ccc(C#N)cc1COc1cc(F)ccc1F. The van der Waals surface area contributed by atoms with E-state index in [0.29, 0.717) is 16.9 Å². The first kappa shape index (κ1) is 13.8. The minimum absolute atomic E-state index is 0.0287. The van der Waals surface area contributed by atoms with Gasteiger partial charge in [0.05, 0.1) is 18.7 Å². The number of benzene rings is 2. The molecule has 20 heavy (non-hydrogen) atoms. The number of methoxy groups -OCH3 is 1. The van der Waals surface area contributed by atoms with E-state index in [1.54, 1.807) is 18.2 Å². The lowest BCUT2D eigenvalue weighted by Crippen LogP contribution is -2.01. The highest BCUT2D eigenvalue weighted by Crippen LogP contribution is 2.24. The van der Waals surface area contributed by atoms with Crippen LogP contribution in [0.15, 0.2) is 36.4 Å². The quantitative estimate of drug-likeness (QED) is 0.858. The molecule has 0 bridgehead atoms. The van der Waals surface area contributed by atoms with Crippen molar-refractivity contribution in [2.24, 2.45) is 0 Å². The average molecular weight is 275 g/mol. The van der Waals surface area contributed by atoms with Crippen LogP contribution in [-0.2, 0) is 6.61 Å². The first-order chi connectivity index (χ1) is 9.63. The van der Waals surface area contributed by atoms with Gasteiger partial charge in [0.25, 0.3) is 0 Å². The topological polar surface area (TPSA) is 42.2 Å². The van der Waals surface area contributed by atoms with Crippen molar-refractivity contribution >= 4 is 0 Å². The second-order valence-electron chi connectivity index (χ2n) is 4.00. The summed E-state index contributed by atoms with van der Waals surface area (Å²) >= 11 is 0. The standard InChI is InChI=1S/C15H11F2NO2/c1-19-14-5-2-10(8-18)6-11(14)9-20-15-7-12(16)3-4-13(15)17/h2-7H,9H2,1H3. The van der Waals surface area contributed by atoms with Crippen LogP contribution in [0, 0.1) is 23.0 Å². The second kappa shape index (κ2) is 6.02. The van der Waals surface area contributed by atoms with Crippen LogP contribution in [0.3, 0.4) is 0 Å². The molecule has 0 radical (unpaired) electrons. The van der Waals surface area contributed by atoms with Gasteiger partial charge in [-0.25, -0.2) is 8.78 Å². The van der Waals surface area contributed by atoms with Gasteiger partial charge in [0.2, 0.25) is 0 Å². The summed E-state index contributed by atoms with van der Waals surface area (Å²) in [4.78, 5) is 0. The van der Waals surface area contributed by atoms with Crippen LogP contribution in [0.1, 0.15) is 11.1 Å². The van der Waals surface area contributed by atoms with E-state index in [9.17, 15) is 8.78 Å². The molecule has 3 nitrogen and oxygen atoms in total. The molecule has 102 valence electrons. The van der Waals surface area contributed by atoms with Crippen LogP contribution >= 0.6 is 0 Å². The normalized spacial score (nSPS) is 9.90. The fraction of sp³-hybridized carbons (Fsp3) is 0.133. The molecule has 2 aromatic carbocycles. The van der Waals surface area contributed by atoms with Crippen molar-refractivity contribution in [2.75, 3.05) is 7.11 Å². The molecule has 0 amide bonds. The first-order valence-electron chi connectivity index (χ1n) is 5.79. The van der Waals surface area contributed by atoms with Crippen molar-refractivity contribution in [1.29, 1.82) is 5.26 Å². The van der Waals surface area contributed by atoms with Crippen molar-refractivity contribution in [3.05, 3.63) is 59.2 Å². The van der Waals surface area contributed by atoms with E-state index in [1.165, 1.54) is 7.11 Å². The third kappa shape index (κ3) is 3.04. The highest BCUT2D eigenvalue weighted by molar-refractivity contribution is 5.42. The summed E-state index contributed by atoms with van der Waals surface area (Å²) < 4.78 is 36.8. The number of nitrogens with zero attached hydrogens (tertiary/aromatic N) is 1. The first-order valence-corrected chi connectivity index (χ1v) is 5.79. The fourth-order valence-corrected chi connectivity index (χ4v) is 1.70. The Morgan fingerprint density at radius 1 is 1.10 bits per heavy atom. The Labute approximate surface area is 115 Å². The summed E-state index contributed by atoms with van der Waals surface area (Å²) in [5, 5.41) is 8.85. The van der Waals surface area contributed by atoms with Crippen molar-refractivity contribution in [2.45, 2.75) is 6.61 Å². The van der Waals surface area contributed by atoms with E-state index >= 15 is 0 Å². The van der Waals surface area contributed by atoms with Crippen molar-refractivity contribution in [1.82, 2.24) is 0 Å². The van der Waals surface area contributed by atoms with Crippen molar-refractivity contribution in [3.8, 4) is 17.6 Å². The van der Waals surface area contributed by atoms with E-state index in [-0.39, 0.29) is 12.4 Å². The Morgan fingerprint density at radius 2 is 1.90 bits per heavy atom. The highest BCUT2D eigenvalue weighted by atomic mass is 19.1. The number of ether oxygens (including phenoxy) is 2. The maximum absolute atomic E-state index is 13.4. The van der Waals surface area contributed by atoms with E-state index < -0.39 is 11.6 Å². The van der Waals surface area contributed by atoms with Crippen LogP contribution in [-0.4, -0.2) is 7.11 Å². The van der Waals surface area contributed by atoms with E-state index in [2.05, 4.69) is 0 Å². The van der Waals surface area contributed by atoms with Gasteiger partial charge in [0.1, 0.15) is 18.2 Å². The summed E-state index contributed by atoms with van der Waals surface area (Å²) in [6.07, 6.45) is 0. The molecule has 0 aliphatic heterocycles. The molecule has 0 atom stereocenters. The molecule has 2 aromatic rings. The summed E-state index contributed by atoms with van der Waals surface area (Å²) in [5.41, 5.74) is 1.01. The largest absolute Gasteiger partial charge is 0.496 e. The zero-order valence-electron chi connectivity index (χ0n) is 10.7.